The minimum Gasteiger partial charge on any atom is -0.313 e. The first kappa shape index (κ1) is 15.5. The number of nitrogens with one attached hydrogen (secondary N) is 1. The van der Waals surface area contributed by atoms with Crippen molar-refractivity contribution in [2.24, 2.45) is 0 Å². The zero-order valence-electron chi connectivity index (χ0n) is 11.6. The molecule has 1 N–H and O–H groups in total. The highest BCUT2D eigenvalue weighted by Crippen LogP contribution is 2.16. The fourth-order valence-corrected chi connectivity index (χ4v) is 2.81. The standard InChI is InChI=1S/C15H24FNS/c1-4-12(3)18-11-15(17-5-2)10-13-6-8-14(16)9-7-13/h6-9,12,15,17H,4-5,10-11H2,1-3H3. The molecule has 0 aliphatic heterocycles. The van der Waals surface area contributed by atoms with Crippen molar-refractivity contribution in [3.63, 3.8) is 0 Å². The van der Waals surface area contributed by atoms with Crippen molar-refractivity contribution < 1.29 is 4.39 Å². The highest BCUT2D eigenvalue weighted by molar-refractivity contribution is 7.99. The van der Waals surface area contributed by atoms with Gasteiger partial charge in [0.1, 0.15) is 5.82 Å². The molecule has 0 bridgehead atoms. The third-order valence-corrected chi connectivity index (χ3v) is 4.54. The first-order valence-electron chi connectivity index (χ1n) is 6.75. The first-order chi connectivity index (χ1) is 8.65. The van der Waals surface area contributed by atoms with Crippen LogP contribution in [0, 0.1) is 5.82 Å². The summed E-state index contributed by atoms with van der Waals surface area (Å²) < 4.78 is 12.9. The van der Waals surface area contributed by atoms with Gasteiger partial charge in [-0.15, -0.1) is 0 Å². The predicted octanol–water partition coefficient (Wildman–Crippen LogP) is 3.88. The first-order valence-corrected chi connectivity index (χ1v) is 7.80. The molecule has 0 saturated heterocycles. The van der Waals surface area contributed by atoms with Crippen molar-refractivity contribution in [2.75, 3.05) is 12.3 Å². The Kier molecular flexibility index (Phi) is 7.36. The Balaban J connectivity index is 2.48. The molecule has 2 unspecified atom stereocenters. The Morgan fingerprint density at radius 3 is 2.44 bits per heavy atom. The lowest BCUT2D eigenvalue weighted by atomic mass is 10.1. The van der Waals surface area contributed by atoms with Crippen molar-refractivity contribution in [3.8, 4) is 0 Å². The Morgan fingerprint density at radius 1 is 1.22 bits per heavy atom. The molecule has 2 atom stereocenters. The Labute approximate surface area is 115 Å². The van der Waals surface area contributed by atoms with Gasteiger partial charge in [0.25, 0.3) is 0 Å². The SMILES string of the molecule is CCNC(CSC(C)CC)Cc1ccc(F)cc1. The van der Waals surface area contributed by atoms with Gasteiger partial charge in [-0.2, -0.15) is 11.8 Å². The summed E-state index contributed by atoms with van der Waals surface area (Å²) in [5, 5.41) is 4.22. The highest BCUT2D eigenvalue weighted by atomic mass is 32.2. The lowest BCUT2D eigenvalue weighted by Gasteiger charge is -2.19. The average Bonchev–Trinajstić information content (AvgIpc) is 2.38. The molecule has 0 amide bonds. The van der Waals surface area contributed by atoms with Crippen LogP contribution < -0.4 is 5.32 Å². The molecule has 1 rings (SSSR count). The van der Waals surface area contributed by atoms with E-state index in [9.17, 15) is 4.39 Å². The minimum absolute atomic E-state index is 0.160. The molecule has 0 aliphatic rings. The van der Waals surface area contributed by atoms with Crippen LogP contribution in [0.3, 0.4) is 0 Å². The molecule has 0 heterocycles. The second-order valence-electron chi connectivity index (χ2n) is 4.64. The van der Waals surface area contributed by atoms with Crippen LogP contribution in [0.1, 0.15) is 32.8 Å². The van der Waals surface area contributed by atoms with Crippen molar-refractivity contribution >= 4 is 11.8 Å². The van der Waals surface area contributed by atoms with Gasteiger partial charge in [-0.25, -0.2) is 4.39 Å². The van der Waals surface area contributed by atoms with E-state index in [2.05, 4.69) is 26.1 Å². The quantitative estimate of drug-likeness (QED) is 0.768. The summed E-state index contributed by atoms with van der Waals surface area (Å²) in [4.78, 5) is 0. The number of likely N-dealkylation sites (N-methyl/N-ethyl adjacent to an activating group) is 1. The van der Waals surface area contributed by atoms with Crippen LogP contribution in [0.25, 0.3) is 0 Å². The zero-order valence-corrected chi connectivity index (χ0v) is 12.4. The maximum atomic E-state index is 12.9. The van der Waals surface area contributed by atoms with Crippen LogP contribution in [0.4, 0.5) is 4.39 Å². The van der Waals surface area contributed by atoms with Crippen LogP contribution in [0.5, 0.6) is 0 Å². The molecule has 0 saturated carbocycles. The van der Waals surface area contributed by atoms with E-state index in [1.165, 1.54) is 12.0 Å². The molecular weight excluding hydrogens is 245 g/mol. The summed E-state index contributed by atoms with van der Waals surface area (Å²) in [6, 6.07) is 7.32. The number of rotatable bonds is 8. The van der Waals surface area contributed by atoms with Gasteiger partial charge in [0, 0.05) is 17.0 Å². The molecule has 1 nitrogen and oxygen atoms in total. The molecular formula is C15H24FNS. The Hall–Kier alpha value is -0.540. The fraction of sp³-hybridized carbons (Fsp3) is 0.600. The summed E-state index contributed by atoms with van der Waals surface area (Å²) in [7, 11) is 0. The molecule has 0 radical (unpaired) electrons. The lowest BCUT2D eigenvalue weighted by molar-refractivity contribution is 0.570. The molecule has 0 aliphatic carbocycles. The van der Waals surface area contributed by atoms with E-state index in [1.54, 1.807) is 12.1 Å². The van der Waals surface area contributed by atoms with Gasteiger partial charge >= 0.3 is 0 Å². The monoisotopic (exact) mass is 269 g/mol. The van der Waals surface area contributed by atoms with E-state index < -0.39 is 0 Å². The number of thioether (sulfide) groups is 1. The maximum absolute atomic E-state index is 12.9. The van der Waals surface area contributed by atoms with E-state index in [0.29, 0.717) is 11.3 Å². The minimum atomic E-state index is -0.160. The number of hydrogen-bond acceptors (Lipinski definition) is 2. The van der Waals surface area contributed by atoms with Gasteiger partial charge in [0.2, 0.25) is 0 Å². The Morgan fingerprint density at radius 2 is 1.89 bits per heavy atom. The van der Waals surface area contributed by atoms with Gasteiger partial charge in [-0.1, -0.05) is 32.9 Å². The second-order valence-corrected chi connectivity index (χ2v) is 6.11. The van der Waals surface area contributed by atoms with E-state index in [4.69, 9.17) is 0 Å². The van der Waals surface area contributed by atoms with Gasteiger partial charge in [-0.3, -0.25) is 0 Å². The topological polar surface area (TPSA) is 12.0 Å². The summed E-state index contributed by atoms with van der Waals surface area (Å²) >= 11 is 2.01. The molecule has 0 spiro atoms. The van der Waals surface area contributed by atoms with Crippen molar-refractivity contribution in [2.45, 2.75) is 44.9 Å². The highest BCUT2D eigenvalue weighted by Gasteiger charge is 2.10. The molecule has 102 valence electrons. The lowest BCUT2D eigenvalue weighted by Crippen LogP contribution is -2.33. The maximum Gasteiger partial charge on any atom is 0.123 e. The van der Waals surface area contributed by atoms with Crippen LogP contribution in [0.2, 0.25) is 0 Å². The van der Waals surface area contributed by atoms with Crippen molar-refractivity contribution in [1.29, 1.82) is 0 Å². The molecule has 1 aromatic rings. The van der Waals surface area contributed by atoms with Crippen molar-refractivity contribution in [3.05, 3.63) is 35.6 Å². The van der Waals surface area contributed by atoms with Crippen LogP contribution >= 0.6 is 11.8 Å². The van der Waals surface area contributed by atoms with Crippen LogP contribution in [-0.2, 0) is 6.42 Å². The van der Waals surface area contributed by atoms with E-state index >= 15 is 0 Å². The number of benzene rings is 1. The van der Waals surface area contributed by atoms with Gasteiger partial charge in [0.15, 0.2) is 0 Å². The van der Waals surface area contributed by atoms with Gasteiger partial charge in [-0.05, 0) is 37.1 Å². The second kappa shape index (κ2) is 8.54. The van der Waals surface area contributed by atoms with E-state index in [0.717, 1.165) is 18.7 Å². The van der Waals surface area contributed by atoms with Crippen LogP contribution in [0.15, 0.2) is 24.3 Å². The number of hydrogen-bond donors (Lipinski definition) is 1. The summed E-state index contributed by atoms with van der Waals surface area (Å²) in [5.74, 6) is 0.952. The van der Waals surface area contributed by atoms with Gasteiger partial charge < -0.3 is 5.32 Å². The van der Waals surface area contributed by atoms with Crippen LogP contribution in [-0.4, -0.2) is 23.6 Å². The number of halogens is 1. The molecule has 1 aromatic carbocycles. The van der Waals surface area contributed by atoms with Crippen molar-refractivity contribution in [1.82, 2.24) is 5.32 Å². The molecule has 18 heavy (non-hydrogen) atoms. The summed E-state index contributed by atoms with van der Waals surface area (Å²) in [6.45, 7) is 7.60. The summed E-state index contributed by atoms with van der Waals surface area (Å²) in [5.41, 5.74) is 1.20. The summed E-state index contributed by atoms with van der Waals surface area (Å²) in [6.07, 6.45) is 2.18. The predicted molar refractivity (Wildman–Crippen MR) is 79.8 cm³/mol. The molecule has 3 heteroatoms. The fourth-order valence-electron chi connectivity index (χ4n) is 1.78. The third kappa shape index (κ3) is 5.87. The third-order valence-electron chi connectivity index (χ3n) is 3.05. The molecule has 0 fully saturated rings. The van der Waals surface area contributed by atoms with E-state index in [1.807, 2.05) is 23.9 Å². The normalized spacial score (nSPS) is 14.4. The smallest absolute Gasteiger partial charge is 0.123 e. The zero-order chi connectivity index (χ0) is 13.4. The average molecular weight is 269 g/mol. The molecule has 0 aromatic heterocycles. The largest absolute Gasteiger partial charge is 0.313 e. The Bertz CT molecular complexity index is 326. The van der Waals surface area contributed by atoms with E-state index in [-0.39, 0.29) is 5.82 Å². The van der Waals surface area contributed by atoms with Gasteiger partial charge in [0.05, 0.1) is 0 Å².